The van der Waals surface area contributed by atoms with Gasteiger partial charge < -0.3 is 0 Å². The molecule has 0 aromatic heterocycles. The van der Waals surface area contributed by atoms with E-state index >= 15 is 0 Å². The molecule has 2 heteroatoms. The molecule has 1 rings (SSSR count). The Labute approximate surface area is 86.9 Å². The van der Waals surface area contributed by atoms with Crippen LogP contribution < -0.4 is 0 Å². The highest BCUT2D eigenvalue weighted by Gasteiger charge is 1.99. The summed E-state index contributed by atoms with van der Waals surface area (Å²) < 4.78 is 0. The maximum Gasteiger partial charge on any atom is 0.0283 e. The van der Waals surface area contributed by atoms with Crippen molar-refractivity contribution in [3.63, 3.8) is 0 Å². The topological polar surface area (TPSA) is 0 Å². The number of hydrogen-bond donors (Lipinski definition) is 0. The summed E-state index contributed by atoms with van der Waals surface area (Å²) in [6.45, 7) is 2.20. The van der Waals surface area contributed by atoms with Crippen LogP contribution in [0.5, 0.6) is 0 Å². The van der Waals surface area contributed by atoms with E-state index in [0.717, 1.165) is 11.8 Å². The molecule has 0 aliphatic heterocycles. The predicted molar refractivity (Wildman–Crippen MR) is 60.2 cm³/mol. The Balaban J connectivity index is 3.02. The summed E-state index contributed by atoms with van der Waals surface area (Å²) in [6.07, 6.45) is 3.25. The van der Waals surface area contributed by atoms with Crippen molar-refractivity contribution in [1.82, 2.24) is 0 Å². The zero-order chi connectivity index (χ0) is 8.97. The van der Waals surface area contributed by atoms with Crippen molar-refractivity contribution in [3.8, 4) is 0 Å². The van der Waals surface area contributed by atoms with Crippen LogP contribution in [-0.2, 0) is 11.8 Å². The molecule has 0 fully saturated rings. The summed E-state index contributed by atoms with van der Waals surface area (Å²) in [5.41, 5.74) is 2.82. The Hall–Kier alpha value is 0.0500. The van der Waals surface area contributed by atoms with Crippen LogP contribution in [-0.4, -0.2) is 6.26 Å². The Morgan fingerprint density at radius 3 is 2.67 bits per heavy atom. The van der Waals surface area contributed by atoms with E-state index in [4.69, 9.17) is 0 Å². The normalized spacial score (nSPS) is 10.2. The van der Waals surface area contributed by atoms with Gasteiger partial charge in [0.25, 0.3) is 0 Å². The van der Waals surface area contributed by atoms with E-state index in [-0.39, 0.29) is 0 Å². The van der Waals surface area contributed by atoms with Gasteiger partial charge in [0.15, 0.2) is 0 Å². The van der Waals surface area contributed by atoms with Crippen molar-refractivity contribution >= 4 is 27.7 Å². The standard InChI is InChI=1S/C10H13BrS/c1-3-9-6-8(7-11)4-5-10(9)12-2/h4-6H,3,7H2,1-2H3. The number of rotatable bonds is 3. The van der Waals surface area contributed by atoms with Crippen LogP contribution in [0.4, 0.5) is 0 Å². The van der Waals surface area contributed by atoms with Crippen LogP contribution in [0.15, 0.2) is 23.1 Å². The predicted octanol–water partition coefficient (Wildman–Crippen LogP) is 3.87. The Morgan fingerprint density at radius 1 is 1.42 bits per heavy atom. The summed E-state index contributed by atoms with van der Waals surface area (Å²) in [5.74, 6) is 0. The van der Waals surface area contributed by atoms with Crippen molar-refractivity contribution in [2.24, 2.45) is 0 Å². The first-order valence-corrected chi connectivity index (χ1v) is 6.38. The Kier molecular flexibility index (Phi) is 4.16. The molecule has 0 aliphatic rings. The van der Waals surface area contributed by atoms with Crippen molar-refractivity contribution in [3.05, 3.63) is 29.3 Å². The first kappa shape index (κ1) is 10.1. The van der Waals surface area contributed by atoms with E-state index < -0.39 is 0 Å². The van der Waals surface area contributed by atoms with E-state index in [1.165, 1.54) is 16.0 Å². The lowest BCUT2D eigenvalue weighted by Gasteiger charge is -2.06. The summed E-state index contributed by atoms with van der Waals surface area (Å²) in [4.78, 5) is 1.40. The first-order chi connectivity index (χ1) is 5.81. The monoisotopic (exact) mass is 244 g/mol. The SMILES string of the molecule is CCc1cc(CBr)ccc1SC. The molecule has 0 N–H and O–H groups in total. The van der Waals surface area contributed by atoms with Gasteiger partial charge in [-0.1, -0.05) is 35.0 Å². The molecule has 0 radical (unpaired) electrons. The molecular weight excluding hydrogens is 232 g/mol. The van der Waals surface area contributed by atoms with Crippen LogP contribution >= 0.6 is 27.7 Å². The van der Waals surface area contributed by atoms with Crippen LogP contribution in [0.3, 0.4) is 0 Å². The van der Waals surface area contributed by atoms with Crippen molar-refractivity contribution in [2.45, 2.75) is 23.6 Å². The number of halogens is 1. The van der Waals surface area contributed by atoms with E-state index in [1.54, 1.807) is 0 Å². The van der Waals surface area contributed by atoms with Crippen molar-refractivity contribution < 1.29 is 0 Å². The second-order valence-electron chi connectivity index (χ2n) is 2.63. The molecule has 0 unspecified atom stereocenters. The molecule has 0 bridgehead atoms. The van der Waals surface area contributed by atoms with Gasteiger partial charge in [-0.15, -0.1) is 11.8 Å². The molecule has 1 aromatic carbocycles. The molecule has 0 amide bonds. The number of thioether (sulfide) groups is 1. The van der Waals surface area contributed by atoms with Gasteiger partial charge in [-0.2, -0.15) is 0 Å². The fraction of sp³-hybridized carbons (Fsp3) is 0.400. The molecule has 0 saturated heterocycles. The van der Waals surface area contributed by atoms with E-state index in [9.17, 15) is 0 Å². The third-order valence-electron chi connectivity index (χ3n) is 1.88. The van der Waals surface area contributed by atoms with Gasteiger partial charge >= 0.3 is 0 Å². The average molecular weight is 245 g/mol. The average Bonchev–Trinajstić information content (AvgIpc) is 2.16. The highest BCUT2D eigenvalue weighted by Crippen LogP contribution is 2.22. The fourth-order valence-electron chi connectivity index (χ4n) is 1.19. The van der Waals surface area contributed by atoms with Crippen LogP contribution in [0, 0.1) is 0 Å². The maximum atomic E-state index is 3.46. The summed E-state index contributed by atoms with van der Waals surface area (Å²) >= 11 is 5.28. The lowest BCUT2D eigenvalue weighted by atomic mass is 10.1. The van der Waals surface area contributed by atoms with Crippen molar-refractivity contribution in [1.29, 1.82) is 0 Å². The molecule has 0 nitrogen and oxygen atoms in total. The maximum absolute atomic E-state index is 3.46. The Morgan fingerprint density at radius 2 is 2.17 bits per heavy atom. The van der Waals surface area contributed by atoms with E-state index in [1.807, 2.05) is 11.8 Å². The number of hydrogen-bond acceptors (Lipinski definition) is 1. The molecule has 0 heterocycles. The zero-order valence-electron chi connectivity index (χ0n) is 7.43. The molecule has 12 heavy (non-hydrogen) atoms. The zero-order valence-corrected chi connectivity index (χ0v) is 9.83. The van der Waals surface area contributed by atoms with Gasteiger partial charge in [-0.3, -0.25) is 0 Å². The Bertz CT molecular complexity index is 258. The third kappa shape index (κ3) is 2.27. The fourth-order valence-corrected chi connectivity index (χ4v) is 2.21. The van der Waals surface area contributed by atoms with Crippen LogP contribution in [0.2, 0.25) is 0 Å². The minimum absolute atomic E-state index is 0.953. The minimum Gasteiger partial charge on any atom is -0.129 e. The van der Waals surface area contributed by atoms with Gasteiger partial charge in [-0.25, -0.2) is 0 Å². The molecule has 0 spiro atoms. The summed E-state index contributed by atoms with van der Waals surface area (Å²) in [6, 6.07) is 6.67. The molecule has 0 saturated carbocycles. The second-order valence-corrected chi connectivity index (χ2v) is 4.04. The first-order valence-electron chi connectivity index (χ1n) is 4.03. The summed E-state index contributed by atoms with van der Waals surface area (Å²) in [5, 5.41) is 0.953. The summed E-state index contributed by atoms with van der Waals surface area (Å²) in [7, 11) is 0. The smallest absolute Gasteiger partial charge is 0.0283 e. The third-order valence-corrected chi connectivity index (χ3v) is 3.37. The van der Waals surface area contributed by atoms with Crippen LogP contribution in [0.25, 0.3) is 0 Å². The molecule has 0 aliphatic carbocycles. The number of benzene rings is 1. The number of aryl methyl sites for hydroxylation is 1. The number of alkyl halides is 1. The van der Waals surface area contributed by atoms with E-state index in [0.29, 0.717) is 0 Å². The highest BCUT2D eigenvalue weighted by molar-refractivity contribution is 9.08. The highest BCUT2D eigenvalue weighted by atomic mass is 79.9. The lowest BCUT2D eigenvalue weighted by Crippen LogP contribution is -1.87. The van der Waals surface area contributed by atoms with E-state index in [2.05, 4.69) is 47.3 Å². The molecule has 1 aromatic rings. The van der Waals surface area contributed by atoms with Crippen LogP contribution in [0.1, 0.15) is 18.1 Å². The quantitative estimate of drug-likeness (QED) is 0.575. The van der Waals surface area contributed by atoms with Crippen molar-refractivity contribution in [2.75, 3.05) is 6.26 Å². The van der Waals surface area contributed by atoms with Gasteiger partial charge in [0.05, 0.1) is 0 Å². The van der Waals surface area contributed by atoms with Gasteiger partial charge in [0.2, 0.25) is 0 Å². The molecule has 66 valence electrons. The second kappa shape index (κ2) is 4.93. The van der Waals surface area contributed by atoms with Gasteiger partial charge in [0.1, 0.15) is 0 Å². The minimum atomic E-state index is 0.953. The van der Waals surface area contributed by atoms with Gasteiger partial charge in [-0.05, 0) is 29.9 Å². The largest absolute Gasteiger partial charge is 0.129 e. The lowest BCUT2D eigenvalue weighted by molar-refractivity contribution is 1.07. The molecule has 0 atom stereocenters. The van der Waals surface area contributed by atoms with Gasteiger partial charge in [0, 0.05) is 10.2 Å². The molecular formula is C10H13BrS.